The van der Waals surface area contributed by atoms with Crippen LogP contribution in [-0.4, -0.2) is 86.5 Å². The molecule has 0 bridgehead atoms. The largest absolute Gasteiger partial charge is 0.481 e. The molecule has 2 atom stereocenters. The number of aliphatic hydroxyl groups excluding tert-OH is 1. The number of aromatic nitrogens is 4. The van der Waals surface area contributed by atoms with Crippen LogP contribution in [0, 0.1) is 19.3 Å². The van der Waals surface area contributed by atoms with Crippen molar-refractivity contribution >= 4 is 41.0 Å². The molecule has 4 aromatic rings. The van der Waals surface area contributed by atoms with Crippen molar-refractivity contribution in [2.75, 3.05) is 31.7 Å². The number of alkyl halides is 3. The summed E-state index contributed by atoms with van der Waals surface area (Å²) in [6.07, 6.45) is -2.28. The molecule has 1 fully saturated rings. The van der Waals surface area contributed by atoms with Crippen molar-refractivity contribution in [3.05, 3.63) is 76.2 Å². The van der Waals surface area contributed by atoms with Crippen molar-refractivity contribution in [3.63, 3.8) is 0 Å². The number of carbonyl (C=O) groups is 1. The number of aryl methyl sites for hydroxylation is 2. The van der Waals surface area contributed by atoms with Crippen LogP contribution in [0.5, 0.6) is 5.88 Å². The van der Waals surface area contributed by atoms with Crippen LogP contribution in [0.3, 0.4) is 0 Å². The van der Waals surface area contributed by atoms with Gasteiger partial charge in [-0.25, -0.2) is 8.42 Å². The van der Waals surface area contributed by atoms with E-state index in [2.05, 4.69) is 20.5 Å². The summed E-state index contributed by atoms with van der Waals surface area (Å²) in [5.74, 6) is -2.85. The number of hydrogen-bond donors (Lipinski definition) is 3. The second-order valence-corrected chi connectivity index (χ2v) is 16.4. The zero-order valence-electron chi connectivity index (χ0n) is 30.6. The van der Waals surface area contributed by atoms with Crippen LogP contribution in [0.1, 0.15) is 79.6 Å². The minimum absolute atomic E-state index is 0. The molecule has 0 aliphatic carbocycles. The van der Waals surface area contributed by atoms with Crippen LogP contribution in [0.25, 0.3) is 5.65 Å². The normalized spacial score (nSPS) is 18.2. The molecular weight excluding hydrogens is 750 g/mol. The molecule has 1 spiro atoms. The van der Waals surface area contributed by atoms with Crippen LogP contribution in [0.15, 0.2) is 47.5 Å². The molecule has 0 unspecified atom stereocenters. The molecule has 0 saturated carbocycles. The predicted octanol–water partition coefficient (Wildman–Crippen LogP) is 5.43. The van der Waals surface area contributed by atoms with Gasteiger partial charge in [-0.1, -0.05) is 18.2 Å². The maximum Gasteiger partial charge on any atom is 0.452 e. The van der Waals surface area contributed by atoms with Crippen LogP contribution in [-0.2, 0) is 32.3 Å². The highest BCUT2D eigenvalue weighted by molar-refractivity contribution is 7.89. The van der Waals surface area contributed by atoms with E-state index in [0.717, 1.165) is 9.96 Å². The average molecular weight is 795 g/mol. The van der Waals surface area contributed by atoms with Crippen LogP contribution >= 0.6 is 13.5 Å². The number of nitrogens with zero attached hydrogens (tertiary/aromatic N) is 5. The van der Waals surface area contributed by atoms with Crippen LogP contribution < -0.4 is 10.1 Å². The standard InChI is InChI=1S/C36H43F3N6O7S.H2S/c1-21-6-7-24(29(34(4,5)33(47)48)26-10-14-45-30(23(26)3)42-43-32(45)36(37,38)39)18-25(21)19-44-20-35(12-16-51-17-13-35)52-31-27(53(44,49)50)8-9-28(41-31)40-22(2)11-15-46;/h6-10,14,18,22,29,46H,11-13,15-17,19-20H2,1-5H3,(H,40,41)(H,47,48);1H2/t22-,29-;/m0./s1. The molecule has 3 aromatic heterocycles. The molecule has 0 radical (unpaired) electrons. The smallest absolute Gasteiger partial charge is 0.452 e. The first-order chi connectivity index (χ1) is 24.9. The Hall–Kier alpha value is -3.97. The topological polar surface area (TPSA) is 168 Å². The monoisotopic (exact) mass is 794 g/mol. The van der Waals surface area contributed by atoms with Crippen molar-refractivity contribution in [3.8, 4) is 5.88 Å². The number of fused-ring (bicyclic) bond motifs is 2. The highest BCUT2D eigenvalue weighted by atomic mass is 32.2. The van der Waals surface area contributed by atoms with Gasteiger partial charge in [0.05, 0.1) is 25.2 Å². The number of hydrogen-bond acceptors (Lipinski definition) is 10. The Bertz CT molecular complexity index is 2140. The molecular formula is C36H45F3N6O7S2. The number of halogens is 3. The lowest BCUT2D eigenvalue weighted by Gasteiger charge is -2.38. The number of ether oxygens (including phenoxy) is 2. The number of anilines is 1. The van der Waals surface area contributed by atoms with Crippen molar-refractivity contribution in [1.29, 1.82) is 0 Å². The quantitative estimate of drug-likeness (QED) is 0.187. The van der Waals surface area contributed by atoms with Crippen LogP contribution in [0.2, 0.25) is 0 Å². The first-order valence-corrected chi connectivity index (χ1v) is 18.7. The van der Waals surface area contributed by atoms with Gasteiger partial charge in [-0.3, -0.25) is 9.20 Å². The Labute approximate surface area is 318 Å². The van der Waals surface area contributed by atoms with Gasteiger partial charge >= 0.3 is 12.1 Å². The molecule has 1 saturated heterocycles. The molecule has 54 heavy (non-hydrogen) atoms. The van der Waals surface area contributed by atoms with Crippen molar-refractivity contribution in [2.24, 2.45) is 5.41 Å². The molecule has 18 heteroatoms. The van der Waals surface area contributed by atoms with Gasteiger partial charge < -0.3 is 25.0 Å². The SMILES string of the molecule is Cc1ccc([C@@H](c2ccn3c(C(F)(F)F)nnc3c2C)C(C)(C)C(=O)O)cc1CN1CC2(CCOCC2)Oc2nc(N[C@@H](C)CCO)ccc2S1(=O)=O.S. The third-order valence-electron chi connectivity index (χ3n) is 10.3. The molecule has 2 aliphatic rings. The number of pyridine rings is 2. The number of sulfonamides is 1. The van der Waals surface area contributed by atoms with E-state index >= 15 is 0 Å². The number of carboxylic acids is 1. The summed E-state index contributed by atoms with van der Waals surface area (Å²) < 4.78 is 84.3. The molecule has 1 aromatic carbocycles. The second kappa shape index (κ2) is 15.3. The second-order valence-electron chi connectivity index (χ2n) is 14.5. The van der Waals surface area contributed by atoms with Gasteiger partial charge in [-0.2, -0.15) is 36.0 Å². The van der Waals surface area contributed by atoms with Crippen molar-refractivity contribution < 1.29 is 46.1 Å². The summed E-state index contributed by atoms with van der Waals surface area (Å²) in [5.41, 5.74) is 0.175. The Morgan fingerprint density at radius 2 is 1.80 bits per heavy atom. The molecule has 0 amide bonds. The fourth-order valence-corrected chi connectivity index (χ4v) is 8.71. The summed E-state index contributed by atoms with van der Waals surface area (Å²) in [6.45, 7) is 8.95. The first kappa shape index (κ1) is 41.2. The summed E-state index contributed by atoms with van der Waals surface area (Å²) in [5, 5.41) is 30.1. The maximum atomic E-state index is 14.5. The van der Waals surface area contributed by atoms with Gasteiger partial charge in [0.2, 0.25) is 21.7 Å². The van der Waals surface area contributed by atoms with Gasteiger partial charge in [-0.05, 0) is 87.1 Å². The van der Waals surface area contributed by atoms with Gasteiger partial charge in [-0.15, -0.1) is 10.2 Å². The number of nitrogens with one attached hydrogen (secondary N) is 1. The minimum atomic E-state index is -4.75. The van der Waals surface area contributed by atoms with E-state index < -0.39 is 44.9 Å². The molecule has 3 N–H and O–H groups in total. The zero-order valence-corrected chi connectivity index (χ0v) is 32.4. The summed E-state index contributed by atoms with van der Waals surface area (Å²) in [7, 11) is -4.20. The van der Waals surface area contributed by atoms with Gasteiger partial charge in [0.25, 0.3) is 0 Å². The van der Waals surface area contributed by atoms with E-state index in [1.807, 2.05) is 13.8 Å². The average Bonchev–Trinajstić information content (AvgIpc) is 3.50. The lowest BCUT2D eigenvalue weighted by Crippen LogP contribution is -2.50. The molecule has 2 aliphatic heterocycles. The predicted molar refractivity (Wildman–Crippen MR) is 198 cm³/mol. The number of benzene rings is 1. The van der Waals surface area contributed by atoms with E-state index in [0.29, 0.717) is 60.5 Å². The summed E-state index contributed by atoms with van der Waals surface area (Å²) in [4.78, 5) is 17.3. The van der Waals surface area contributed by atoms with E-state index in [4.69, 9.17) is 9.47 Å². The van der Waals surface area contributed by atoms with Crippen LogP contribution in [0.4, 0.5) is 19.0 Å². The fourth-order valence-electron chi connectivity index (χ4n) is 7.17. The fraction of sp³-hybridized carbons (Fsp3) is 0.500. The highest BCUT2D eigenvalue weighted by Gasteiger charge is 2.46. The first-order valence-electron chi connectivity index (χ1n) is 17.3. The van der Waals surface area contributed by atoms with E-state index in [9.17, 15) is 36.6 Å². The Morgan fingerprint density at radius 1 is 1.09 bits per heavy atom. The van der Waals surface area contributed by atoms with E-state index in [1.54, 1.807) is 31.2 Å². The Kier molecular flexibility index (Phi) is 11.7. The molecule has 5 heterocycles. The third-order valence-corrected chi connectivity index (χ3v) is 12.1. The van der Waals surface area contributed by atoms with Crippen molar-refractivity contribution in [2.45, 2.75) is 89.1 Å². The third kappa shape index (κ3) is 7.76. The lowest BCUT2D eigenvalue weighted by atomic mass is 9.70. The van der Waals surface area contributed by atoms with Gasteiger partial charge in [0.1, 0.15) is 16.3 Å². The molecule has 13 nitrogen and oxygen atoms in total. The number of rotatable bonds is 10. The number of aliphatic carboxylic acids is 1. The summed E-state index contributed by atoms with van der Waals surface area (Å²) >= 11 is 0. The molecule has 294 valence electrons. The maximum absolute atomic E-state index is 14.5. The van der Waals surface area contributed by atoms with E-state index in [-0.39, 0.29) is 55.7 Å². The molecule has 6 rings (SSSR count). The minimum Gasteiger partial charge on any atom is -0.481 e. The van der Waals surface area contributed by atoms with Gasteiger partial charge in [0.15, 0.2) is 5.65 Å². The number of carboxylic acid groups (broad SMARTS) is 1. The Balaban J connectivity index is 0.00000561. The van der Waals surface area contributed by atoms with Gasteiger partial charge in [0, 0.05) is 44.1 Å². The number of aliphatic hydroxyl groups is 1. The van der Waals surface area contributed by atoms with Crippen molar-refractivity contribution in [1.82, 2.24) is 23.9 Å². The lowest BCUT2D eigenvalue weighted by molar-refractivity contribution is -0.147. The highest BCUT2D eigenvalue weighted by Crippen LogP contribution is 2.45. The van der Waals surface area contributed by atoms with E-state index in [1.165, 1.54) is 36.5 Å². The Morgan fingerprint density at radius 3 is 2.44 bits per heavy atom. The summed E-state index contributed by atoms with van der Waals surface area (Å²) in [6, 6.07) is 9.66. The zero-order chi connectivity index (χ0) is 38.5.